The normalized spacial score (nSPS) is 10.9. The lowest BCUT2D eigenvalue weighted by molar-refractivity contribution is 0.589. The molecular weight excluding hydrogens is 365 g/mol. The van der Waals surface area contributed by atoms with E-state index in [4.69, 9.17) is 0 Å². The fraction of sp³-hybridized carbons (Fsp3) is 0.214. The molecule has 1 aromatic carbocycles. The van der Waals surface area contributed by atoms with Crippen LogP contribution in [0.2, 0.25) is 0 Å². The SMILES string of the molecule is Cn1ccnc1CCn1cnc(-c2ccc(I)cc2)n1. The molecule has 20 heavy (non-hydrogen) atoms. The van der Waals surface area contributed by atoms with Crippen molar-refractivity contribution in [3.63, 3.8) is 0 Å². The van der Waals surface area contributed by atoms with Crippen molar-refractivity contribution >= 4 is 22.6 Å². The molecule has 0 fully saturated rings. The highest BCUT2D eigenvalue weighted by atomic mass is 127. The minimum absolute atomic E-state index is 0.765. The van der Waals surface area contributed by atoms with E-state index in [0.29, 0.717) is 0 Å². The fourth-order valence-electron chi connectivity index (χ4n) is 1.99. The summed E-state index contributed by atoms with van der Waals surface area (Å²) in [4.78, 5) is 8.67. The Kier molecular flexibility index (Phi) is 3.81. The van der Waals surface area contributed by atoms with Crippen LogP contribution in [0.25, 0.3) is 11.4 Å². The molecule has 6 heteroatoms. The standard InChI is InChI=1S/C14H14IN5/c1-19-9-7-16-13(19)6-8-20-10-17-14(18-20)11-2-4-12(15)5-3-11/h2-5,7,9-10H,6,8H2,1H3. The highest BCUT2D eigenvalue weighted by Gasteiger charge is 2.05. The van der Waals surface area contributed by atoms with Gasteiger partial charge in [-0.3, -0.25) is 4.68 Å². The van der Waals surface area contributed by atoms with Crippen molar-refractivity contribution in [2.45, 2.75) is 13.0 Å². The third kappa shape index (κ3) is 2.90. The molecule has 0 atom stereocenters. The largest absolute Gasteiger partial charge is 0.338 e. The summed E-state index contributed by atoms with van der Waals surface area (Å²) in [6.45, 7) is 0.780. The summed E-state index contributed by atoms with van der Waals surface area (Å²) < 4.78 is 5.10. The minimum Gasteiger partial charge on any atom is -0.338 e. The lowest BCUT2D eigenvalue weighted by atomic mass is 10.2. The molecule has 102 valence electrons. The highest BCUT2D eigenvalue weighted by molar-refractivity contribution is 14.1. The van der Waals surface area contributed by atoms with E-state index in [1.807, 2.05) is 40.8 Å². The monoisotopic (exact) mass is 379 g/mol. The molecule has 0 bridgehead atoms. The maximum Gasteiger partial charge on any atom is 0.181 e. The van der Waals surface area contributed by atoms with E-state index in [2.05, 4.69) is 49.8 Å². The lowest BCUT2D eigenvalue weighted by Gasteiger charge is -2.01. The van der Waals surface area contributed by atoms with E-state index in [0.717, 1.165) is 30.2 Å². The van der Waals surface area contributed by atoms with Crippen LogP contribution in [0.5, 0.6) is 0 Å². The number of aromatic nitrogens is 5. The molecular formula is C14H14IN5. The number of benzene rings is 1. The van der Waals surface area contributed by atoms with Crippen molar-refractivity contribution < 1.29 is 0 Å². The molecule has 0 N–H and O–H groups in total. The average molecular weight is 379 g/mol. The Morgan fingerprint density at radius 1 is 1.15 bits per heavy atom. The van der Waals surface area contributed by atoms with Crippen LogP contribution in [-0.2, 0) is 20.0 Å². The molecule has 0 aliphatic rings. The molecule has 0 amide bonds. The molecule has 0 spiro atoms. The van der Waals surface area contributed by atoms with Gasteiger partial charge in [-0.2, -0.15) is 5.10 Å². The Hall–Kier alpha value is -1.70. The van der Waals surface area contributed by atoms with E-state index in [9.17, 15) is 0 Å². The first-order chi connectivity index (χ1) is 9.72. The van der Waals surface area contributed by atoms with Gasteiger partial charge in [0.25, 0.3) is 0 Å². The van der Waals surface area contributed by atoms with Gasteiger partial charge in [0.1, 0.15) is 12.2 Å². The number of hydrogen-bond donors (Lipinski definition) is 0. The molecule has 0 unspecified atom stereocenters. The van der Waals surface area contributed by atoms with Gasteiger partial charge >= 0.3 is 0 Å². The predicted molar refractivity (Wildman–Crippen MR) is 85.1 cm³/mol. The van der Waals surface area contributed by atoms with E-state index in [1.54, 1.807) is 6.33 Å². The maximum absolute atomic E-state index is 4.51. The number of nitrogens with zero attached hydrogens (tertiary/aromatic N) is 5. The summed E-state index contributed by atoms with van der Waals surface area (Å²) in [5, 5.41) is 4.51. The van der Waals surface area contributed by atoms with Crippen molar-refractivity contribution in [3.05, 3.63) is 52.4 Å². The number of halogens is 1. The van der Waals surface area contributed by atoms with Gasteiger partial charge in [0.2, 0.25) is 0 Å². The van der Waals surface area contributed by atoms with Gasteiger partial charge in [-0.15, -0.1) is 0 Å². The second-order valence-electron chi connectivity index (χ2n) is 4.54. The van der Waals surface area contributed by atoms with Crippen LogP contribution in [0.4, 0.5) is 0 Å². The molecule has 0 saturated heterocycles. The Labute approximate surface area is 130 Å². The summed E-state index contributed by atoms with van der Waals surface area (Å²) in [7, 11) is 2.00. The van der Waals surface area contributed by atoms with E-state index < -0.39 is 0 Å². The molecule has 5 nitrogen and oxygen atoms in total. The van der Waals surface area contributed by atoms with Gasteiger partial charge in [-0.05, 0) is 34.7 Å². The molecule has 2 aromatic heterocycles. The highest BCUT2D eigenvalue weighted by Crippen LogP contribution is 2.16. The molecule has 0 aliphatic heterocycles. The maximum atomic E-state index is 4.51. The van der Waals surface area contributed by atoms with Gasteiger partial charge in [-0.1, -0.05) is 12.1 Å². The Bertz CT molecular complexity index is 698. The van der Waals surface area contributed by atoms with Crippen molar-refractivity contribution in [1.29, 1.82) is 0 Å². The van der Waals surface area contributed by atoms with E-state index in [-0.39, 0.29) is 0 Å². The van der Waals surface area contributed by atoms with Crippen LogP contribution in [-0.4, -0.2) is 24.3 Å². The molecule has 0 radical (unpaired) electrons. The molecule has 0 aliphatic carbocycles. The average Bonchev–Trinajstić information content (AvgIpc) is 3.06. The van der Waals surface area contributed by atoms with Gasteiger partial charge in [0, 0.05) is 41.5 Å². The topological polar surface area (TPSA) is 48.5 Å². The zero-order valence-electron chi connectivity index (χ0n) is 11.1. The third-order valence-electron chi connectivity index (χ3n) is 3.12. The van der Waals surface area contributed by atoms with Crippen LogP contribution < -0.4 is 0 Å². The quantitative estimate of drug-likeness (QED) is 0.655. The summed E-state index contributed by atoms with van der Waals surface area (Å²) in [6, 6.07) is 8.20. The van der Waals surface area contributed by atoms with Crippen LogP contribution in [0.1, 0.15) is 5.82 Å². The zero-order chi connectivity index (χ0) is 13.9. The molecule has 3 rings (SSSR count). The lowest BCUT2D eigenvalue weighted by Crippen LogP contribution is -2.06. The second-order valence-corrected chi connectivity index (χ2v) is 5.79. The first-order valence-corrected chi connectivity index (χ1v) is 7.42. The van der Waals surface area contributed by atoms with Gasteiger partial charge in [0.05, 0.1) is 0 Å². The van der Waals surface area contributed by atoms with Crippen LogP contribution in [0, 0.1) is 3.57 Å². The van der Waals surface area contributed by atoms with Gasteiger partial charge in [-0.25, -0.2) is 9.97 Å². The second kappa shape index (κ2) is 5.74. The van der Waals surface area contributed by atoms with Crippen molar-refractivity contribution in [1.82, 2.24) is 24.3 Å². The summed E-state index contributed by atoms with van der Waals surface area (Å²) in [5.74, 6) is 1.82. The number of imidazole rings is 1. The van der Waals surface area contributed by atoms with Crippen molar-refractivity contribution in [3.8, 4) is 11.4 Å². The van der Waals surface area contributed by atoms with Crippen LogP contribution in [0.15, 0.2) is 43.0 Å². The smallest absolute Gasteiger partial charge is 0.181 e. The number of aryl methyl sites for hydroxylation is 3. The fourth-order valence-corrected chi connectivity index (χ4v) is 2.35. The minimum atomic E-state index is 0.765. The Balaban J connectivity index is 1.71. The third-order valence-corrected chi connectivity index (χ3v) is 3.84. The van der Waals surface area contributed by atoms with Crippen LogP contribution >= 0.6 is 22.6 Å². The molecule has 2 heterocycles. The van der Waals surface area contributed by atoms with Crippen LogP contribution in [0.3, 0.4) is 0 Å². The summed E-state index contributed by atoms with van der Waals surface area (Å²) >= 11 is 2.29. The Morgan fingerprint density at radius 3 is 2.65 bits per heavy atom. The molecule has 0 saturated carbocycles. The summed E-state index contributed by atoms with van der Waals surface area (Å²) in [5.41, 5.74) is 1.04. The van der Waals surface area contributed by atoms with E-state index in [1.165, 1.54) is 3.57 Å². The Morgan fingerprint density at radius 2 is 1.95 bits per heavy atom. The predicted octanol–water partition coefficient (Wildman–Crippen LogP) is 2.53. The number of hydrogen-bond acceptors (Lipinski definition) is 3. The first-order valence-electron chi connectivity index (χ1n) is 6.34. The summed E-state index contributed by atoms with van der Waals surface area (Å²) in [6.07, 6.45) is 6.39. The van der Waals surface area contributed by atoms with Crippen molar-refractivity contribution in [2.24, 2.45) is 7.05 Å². The first kappa shape index (κ1) is 13.3. The van der Waals surface area contributed by atoms with E-state index >= 15 is 0 Å². The zero-order valence-corrected chi connectivity index (χ0v) is 13.2. The van der Waals surface area contributed by atoms with Gasteiger partial charge < -0.3 is 4.57 Å². The number of rotatable bonds is 4. The molecule has 3 aromatic rings. The van der Waals surface area contributed by atoms with Crippen molar-refractivity contribution in [2.75, 3.05) is 0 Å². The van der Waals surface area contributed by atoms with Gasteiger partial charge in [0.15, 0.2) is 5.82 Å².